The molecule has 0 saturated heterocycles. The van der Waals surface area contributed by atoms with Crippen molar-refractivity contribution in [1.82, 2.24) is 15.1 Å². The number of fused-ring (bicyclic) bond motifs is 2. The summed E-state index contributed by atoms with van der Waals surface area (Å²) in [6.45, 7) is 2.15. The van der Waals surface area contributed by atoms with Gasteiger partial charge in [-0.3, -0.25) is 4.79 Å². The number of nitrogens with one attached hydrogen (secondary N) is 1. The zero-order chi connectivity index (χ0) is 15.8. The summed E-state index contributed by atoms with van der Waals surface area (Å²) in [6, 6.07) is 11.9. The maximum absolute atomic E-state index is 12.5. The third-order valence-corrected chi connectivity index (χ3v) is 5.64. The van der Waals surface area contributed by atoms with Crippen LogP contribution in [-0.2, 0) is 0 Å². The lowest BCUT2D eigenvalue weighted by Crippen LogP contribution is -2.40. The van der Waals surface area contributed by atoms with Crippen LogP contribution in [0.2, 0.25) is 0 Å². The molecule has 2 fully saturated rings. The molecule has 4 nitrogen and oxygen atoms in total. The lowest BCUT2D eigenvalue weighted by atomic mass is 9.84. The third-order valence-electron chi connectivity index (χ3n) is 5.64. The number of benzene rings is 1. The second-order valence-electron chi connectivity index (χ2n) is 7.08. The van der Waals surface area contributed by atoms with Crippen LogP contribution in [0.5, 0.6) is 0 Å². The topological polar surface area (TPSA) is 46.9 Å². The fourth-order valence-electron chi connectivity index (χ4n) is 4.46. The van der Waals surface area contributed by atoms with Crippen molar-refractivity contribution in [3.8, 4) is 5.69 Å². The Bertz CT molecular complexity index is 694. The molecule has 1 N–H and O–H groups in total. The summed E-state index contributed by atoms with van der Waals surface area (Å²) in [4.78, 5) is 12.5. The molecule has 2 saturated carbocycles. The number of rotatable bonds is 4. The van der Waals surface area contributed by atoms with E-state index in [2.05, 4.69) is 17.3 Å². The second-order valence-corrected chi connectivity index (χ2v) is 7.08. The normalized spacial score (nSPS) is 27.1. The van der Waals surface area contributed by atoms with Gasteiger partial charge in [0.05, 0.1) is 5.69 Å². The Morgan fingerprint density at radius 1 is 1.22 bits per heavy atom. The highest BCUT2D eigenvalue weighted by atomic mass is 16.2. The van der Waals surface area contributed by atoms with Gasteiger partial charge in [0.2, 0.25) is 0 Å². The Morgan fingerprint density at radius 3 is 2.74 bits per heavy atom. The Morgan fingerprint density at radius 2 is 2.04 bits per heavy atom. The van der Waals surface area contributed by atoms with Crippen molar-refractivity contribution < 1.29 is 4.79 Å². The van der Waals surface area contributed by atoms with Crippen molar-refractivity contribution in [2.75, 3.05) is 0 Å². The molecule has 0 unspecified atom stereocenters. The summed E-state index contributed by atoms with van der Waals surface area (Å²) in [7, 11) is 0. The molecule has 1 amide bonds. The van der Waals surface area contributed by atoms with Crippen LogP contribution in [0.4, 0.5) is 0 Å². The molecule has 2 bridgehead atoms. The average molecular weight is 309 g/mol. The van der Waals surface area contributed by atoms with E-state index in [1.54, 1.807) is 10.7 Å². The lowest BCUT2D eigenvalue weighted by Gasteiger charge is -2.28. The van der Waals surface area contributed by atoms with E-state index in [9.17, 15) is 4.79 Å². The number of nitrogens with zero attached hydrogens (tertiary/aromatic N) is 2. The first-order chi connectivity index (χ1) is 11.2. The lowest BCUT2D eigenvalue weighted by molar-refractivity contribution is 0.0910. The summed E-state index contributed by atoms with van der Waals surface area (Å²) in [5.41, 5.74) is 1.46. The molecule has 2 aromatic rings. The van der Waals surface area contributed by atoms with Crippen LogP contribution in [-0.4, -0.2) is 21.7 Å². The fourth-order valence-corrected chi connectivity index (χ4v) is 4.46. The standard InChI is InChI=1S/C19H23N3O/c1-13(17-12-14-7-8-15(17)11-14)20-19(23)18-9-10-22(21-18)16-5-3-2-4-6-16/h2-6,9-10,13-15,17H,7-8,11-12H2,1H3,(H,20,23)/t13-,14+,15+,17+/m1/s1. The number of aromatic nitrogens is 2. The molecule has 2 aliphatic carbocycles. The Hall–Kier alpha value is -2.10. The number of carbonyl (C=O) groups excluding carboxylic acids is 1. The number of hydrogen-bond acceptors (Lipinski definition) is 2. The Labute approximate surface area is 136 Å². The van der Waals surface area contributed by atoms with Crippen molar-refractivity contribution in [1.29, 1.82) is 0 Å². The van der Waals surface area contributed by atoms with Gasteiger partial charge in [-0.05, 0) is 62.1 Å². The molecular weight excluding hydrogens is 286 g/mol. The average Bonchev–Trinajstić information content (AvgIpc) is 3.31. The Kier molecular flexibility index (Phi) is 3.68. The quantitative estimate of drug-likeness (QED) is 0.940. The van der Waals surface area contributed by atoms with Crippen LogP contribution in [0, 0.1) is 17.8 Å². The van der Waals surface area contributed by atoms with Crippen LogP contribution < -0.4 is 5.32 Å². The first-order valence-corrected chi connectivity index (χ1v) is 8.62. The van der Waals surface area contributed by atoms with E-state index in [1.807, 2.05) is 36.5 Å². The third kappa shape index (κ3) is 2.78. The number of amides is 1. The monoisotopic (exact) mass is 309 g/mol. The van der Waals surface area contributed by atoms with E-state index in [0.717, 1.165) is 17.5 Å². The molecule has 4 atom stereocenters. The molecule has 1 aromatic heterocycles. The highest BCUT2D eigenvalue weighted by Crippen LogP contribution is 2.49. The first-order valence-electron chi connectivity index (χ1n) is 8.62. The summed E-state index contributed by atoms with van der Waals surface area (Å²) >= 11 is 0. The van der Waals surface area contributed by atoms with Crippen LogP contribution in [0.15, 0.2) is 42.6 Å². The molecule has 120 valence electrons. The zero-order valence-corrected chi connectivity index (χ0v) is 13.5. The van der Waals surface area contributed by atoms with Crippen LogP contribution in [0.25, 0.3) is 5.69 Å². The van der Waals surface area contributed by atoms with Crippen molar-refractivity contribution in [2.45, 2.75) is 38.6 Å². The molecule has 0 aliphatic heterocycles. The van der Waals surface area contributed by atoms with E-state index >= 15 is 0 Å². The van der Waals surface area contributed by atoms with Crippen LogP contribution >= 0.6 is 0 Å². The summed E-state index contributed by atoms with van der Waals surface area (Å²) in [6.07, 6.45) is 7.23. The van der Waals surface area contributed by atoms with E-state index in [-0.39, 0.29) is 11.9 Å². The zero-order valence-electron chi connectivity index (χ0n) is 13.5. The molecule has 23 heavy (non-hydrogen) atoms. The predicted molar refractivity (Wildman–Crippen MR) is 89.4 cm³/mol. The SMILES string of the molecule is C[C@@H](NC(=O)c1ccn(-c2ccccc2)n1)[C@@H]1C[C@H]2CC[C@H]1C2. The minimum Gasteiger partial charge on any atom is -0.348 e. The van der Waals surface area contributed by atoms with E-state index < -0.39 is 0 Å². The van der Waals surface area contributed by atoms with E-state index in [1.165, 1.54) is 25.7 Å². The summed E-state index contributed by atoms with van der Waals surface area (Å²) in [5.74, 6) is 2.31. The van der Waals surface area contributed by atoms with Crippen LogP contribution in [0.3, 0.4) is 0 Å². The van der Waals surface area contributed by atoms with Crippen molar-refractivity contribution in [3.05, 3.63) is 48.3 Å². The number of hydrogen-bond donors (Lipinski definition) is 1. The molecule has 0 radical (unpaired) electrons. The summed E-state index contributed by atoms with van der Waals surface area (Å²) in [5, 5.41) is 7.59. The number of para-hydroxylation sites is 1. The van der Waals surface area contributed by atoms with Crippen LogP contribution in [0.1, 0.15) is 43.1 Å². The molecule has 1 aromatic carbocycles. The molecule has 1 heterocycles. The fraction of sp³-hybridized carbons (Fsp3) is 0.474. The minimum atomic E-state index is -0.0602. The Balaban J connectivity index is 1.42. The smallest absolute Gasteiger partial charge is 0.272 e. The van der Waals surface area contributed by atoms with Gasteiger partial charge < -0.3 is 5.32 Å². The minimum absolute atomic E-state index is 0.0602. The van der Waals surface area contributed by atoms with Crippen molar-refractivity contribution in [3.63, 3.8) is 0 Å². The van der Waals surface area contributed by atoms with Gasteiger partial charge in [-0.25, -0.2) is 4.68 Å². The maximum atomic E-state index is 12.5. The molecule has 0 spiro atoms. The molecule has 2 aliphatic rings. The highest BCUT2D eigenvalue weighted by Gasteiger charge is 2.42. The van der Waals surface area contributed by atoms with Gasteiger partial charge in [0, 0.05) is 12.2 Å². The number of carbonyl (C=O) groups is 1. The summed E-state index contributed by atoms with van der Waals surface area (Å²) < 4.78 is 1.75. The van der Waals surface area contributed by atoms with Gasteiger partial charge in [-0.2, -0.15) is 5.10 Å². The van der Waals surface area contributed by atoms with Gasteiger partial charge in [0.15, 0.2) is 5.69 Å². The molecule has 4 rings (SSSR count). The maximum Gasteiger partial charge on any atom is 0.272 e. The second kappa shape index (κ2) is 5.84. The largest absolute Gasteiger partial charge is 0.348 e. The van der Waals surface area contributed by atoms with Gasteiger partial charge in [-0.1, -0.05) is 24.6 Å². The predicted octanol–water partition coefficient (Wildman–Crippen LogP) is 3.43. The van der Waals surface area contributed by atoms with Crippen molar-refractivity contribution in [2.24, 2.45) is 17.8 Å². The first kappa shape index (κ1) is 14.5. The van der Waals surface area contributed by atoms with E-state index in [4.69, 9.17) is 0 Å². The van der Waals surface area contributed by atoms with Gasteiger partial charge in [-0.15, -0.1) is 0 Å². The highest BCUT2D eigenvalue weighted by molar-refractivity contribution is 5.92. The van der Waals surface area contributed by atoms with Gasteiger partial charge in [0.1, 0.15) is 0 Å². The van der Waals surface area contributed by atoms with Gasteiger partial charge in [0.25, 0.3) is 5.91 Å². The molecule has 4 heteroatoms. The van der Waals surface area contributed by atoms with Crippen molar-refractivity contribution >= 4 is 5.91 Å². The van der Waals surface area contributed by atoms with Gasteiger partial charge >= 0.3 is 0 Å². The van der Waals surface area contributed by atoms with E-state index in [0.29, 0.717) is 11.6 Å². The molecular formula is C19H23N3O.